The zero-order chi connectivity index (χ0) is 30.4. The Morgan fingerprint density at radius 1 is 1.07 bits per heavy atom. The van der Waals surface area contributed by atoms with Crippen molar-refractivity contribution in [2.75, 3.05) is 18.9 Å². The topological polar surface area (TPSA) is 219 Å². The summed E-state index contributed by atoms with van der Waals surface area (Å²) in [5.41, 5.74) is 16.1. The van der Waals surface area contributed by atoms with Gasteiger partial charge in [0.1, 0.15) is 31.5 Å². The highest BCUT2D eigenvalue weighted by molar-refractivity contribution is 5.82. The van der Waals surface area contributed by atoms with Crippen LogP contribution in [0.4, 0.5) is 10.4 Å². The van der Waals surface area contributed by atoms with Gasteiger partial charge in [-0.1, -0.05) is 45.0 Å². The first-order chi connectivity index (χ1) is 19.4. The second-order valence-corrected chi connectivity index (χ2v) is 10.2. The Hall–Kier alpha value is -3.63. The minimum Gasteiger partial charge on any atom is -0.460 e. The molecule has 16 heteroatoms. The van der Waals surface area contributed by atoms with Crippen molar-refractivity contribution in [3.05, 3.63) is 16.7 Å². The molecule has 0 spiro atoms. The maximum atomic E-state index is 14.6. The zero-order valence-electron chi connectivity index (χ0n) is 23.5. The highest BCUT2D eigenvalue weighted by atomic mass is 19.2. The number of imidazole rings is 1. The third-order valence-corrected chi connectivity index (χ3v) is 7.34. The quantitative estimate of drug-likeness (QED) is 0.214. The molecule has 3 rings (SSSR count). The molecule has 0 aliphatic carbocycles. The first-order valence-electron chi connectivity index (χ1n) is 13.5. The van der Waals surface area contributed by atoms with Crippen molar-refractivity contribution in [3.63, 3.8) is 0 Å². The Morgan fingerprint density at radius 2 is 1.71 bits per heavy atom. The van der Waals surface area contributed by atoms with Crippen molar-refractivity contribution in [2.24, 2.45) is 23.3 Å². The summed E-state index contributed by atoms with van der Waals surface area (Å²) in [6, 6.07) is -1.93. The van der Waals surface area contributed by atoms with E-state index in [0.717, 1.165) is 0 Å². The van der Waals surface area contributed by atoms with E-state index in [-0.39, 0.29) is 34.4 Å². The van der Waals surface area contributed by atoms with Gasteiger partial charge in [0.05, 0.1) is 12.4 Å². The van der Waals surface area contributed by atoms with E-state index >= 15 is 0 Å². The van der Waals surface area contributed by atoms with Crippen LogP contribution in [0.3, 0.4) is 0 Å². The van der Waals surface area contributed by atoms with Crippen LogP contribution in [0.5, 0.6) is 0 Å². The smallest absolute Gasteiger partial charge is 0.351 e. The summed E-state index contributed by atoms with van der Waals surface area (Å²) in [6.45, 7) is 6.39. The predicted octanol–water partition coefficient (Wildman–Crippen LogP) is 0.330. The molecule has 3 heterocycles. The van der Waals surface area contributed by atoms with Crippen molar-refractivity contribution < 1.29 is 37.8 Å². The van der Waals surface area contributed by atoms with Crippen molar-refractivity contribution in [1.29, 1.82) is 0 Å². The van der Waals surface area contributed by atoms with E-state index in [4.69, 9.17) is 36.1 Å². The SMILES string of the molecule is CC[C@H](C)[C@H](N)C(=O)OC[C@@H](OC(=O)[C@@H](N)[C@@H](C)CC)C(=O)OC[C@@H]1CC[C@H](n2cnc3c(=O)nc(N)n(F)c32)O1. The monoisotopic (exact) mass is 583 g/mol. The predicted molar refractivity (Wildman–Crippen MR) is 143 cm³/mol. The second kappa shape index (κ2) is 13.8. The van der Waals surface area contributed by atoms with Gasteiger partial charge >= 0.3 is 23.5 Å². The van der Waals surface area contributed by atoms with E-state index in [1.165, 1.54) is 10.9 Å². The molecule has 6 N–H and O–H groups in total. The standard InChI is InChI=1S/C25H38FN7O8/c1-5-12(3)17(27)23(36)39-10-15(41-24(37)18(28)13(4)6-2)22(35)38-9-14-7-8-16(40-14)32-11-30-19-20(34)31-25(29)33(26)21(19)32/h11-18H,5-10,27-28H2,1-4H3,(H2,29,31,34)/t12-,13-,14-,15+,16+,17-,18-/m0/s1. The molecule has 7 atom stereocenters. The van der Waals surface area contributed by atoms with Crippen molar-refractivity contribution in [2.45, 2.75) is 83.9 Å². The van der Waals surface area contributed by atoms with Crippen LogP contribution in [-0.2, 0) is 33.3 Å². The molecule has 0 unspecified atom stereocenters. The molecule has 1 aliphatic rings. The summed E-state index contributed by atoms with van der Waals surface area (Å²) in [7, 11) is 0. The summed E-state index contributed by atoms with van der Waals surface area (Å²) < 4.78 is 37.6. The van der Waals surface area contributed by atoms with Gasteiger partial charge < -0.3 is 36.1 Å². The van der Waals surface area contributed by atoms with Gasteiger partial charge in [0, 0.05) is 0 Å². The third kappa shape index (κ3) is 7.37. The van der Waals surface area contributed by atoms with Crippen LogP contribution in [0.1, 0.15) is 59.6 Å². The maximum absolute atomic E-state index is 14.6. The number of carbonyl (C=O) groups is 3. The Labute approximate surface area is 235 Å². The van der Waals surface area contributed by atoms with Gasteiger partial charge in [-0.15, -0.1) is 4.79 Å². The normalized spacial score (nSPS) is 20.7. The lowest BCUT2D eigenvalue weighted by atomic mass is 10.0. The number of hydrogen-bond acceptors (Lipinski definition) is 13. The van der Waals surface area contributed by atoms with E-state index in [1.807, 2.05) is 13.8 Å². The number of aromatic nitrogens is 4. The first-order valence-corrected chi connectivity index (χ1v) is 13.5. The minimum absolute atomic E-state index is 0.0396. The lowest BCUT2D eigenvalue weighted by Gasteiger charge is -2.23. The van der Waals surface area contributed by atoms with Crippen molar-refractivity contribution in [3.8, 4) is 0 Å². The minimum atomic E-state index is -1.59. The number of nitrogens with zero attached hydrogens (tertiary/aromatic N) is 4. The van der Waals surface area contributed by atoms with E-state index < -0.39 is 66.5 Å². The molecular formula is C25H38FN7O8. The highest BCUT2D eigenvalue weighted by Gasteiger charge is 2.34. The van der Waals surface area contributed by atoms with Gasteiger partial charge in [-0.05, 0) is 24.7 Å². The van der Waals surface area contributed by atoms with Crippen LogP contribution < -0.4 is 22.8 Å². The molecule has 0 radical (unpaired) electrons. The zero-order valence-corrected chi connectivity index (χ0v) is 23.5. The van der Waals surface area contributed by atoms with Crippen LogP contribution in [-0.4, -0.2) is 74.7 Å². The molecule has 1 saturated heterocycles. The molecule has 1 aliphatic heterocycles. The van der Waals surface area contributed by atoms with E-state index in [1.54, 1.807) is 13.8 Å². The molecule has 0 amide bonds. The van der Waals surface area contributed by atoms with Crippen LogP contribution in [0.15, 0.2) is 11.1 Å². The number of halogens is 1. The molecule has 1 fully saturated rings. The lowest BCUT2D eigenvalue weighted by Crippen LogP contribution is -2.45. The van der Waals surface area contributed by atoms with Gasteiger partial charge in [0.25, 0.3) is 0 Å². The van der Waals surface area contributed by atoms with E-state index in [2.05, 4.69) is 9.97 Å². The molecular weight excluding hydrogens is 545 g/mol. The molecule has 41 heavy (non-hydrogen) atoms. The summed E-state index contributed by atoms with van der Waals surface area (Å²) in [5.74, 6) is -3.61. The van der Waals surface area contributed by atoms with Gasteiger partial charge in [0.15, 0.2) is 11.2 Å². The first kappa shape index (κ1) is 31.9. The van der Waals surface area contributed by atoms with Gasteiger partial charge in [-0.3, -0.25) is 19.0 Å². The third-order valence-electron chi connectivity index (χ3n) is 7.34. The number of anilines is 1. The molecule has 2 aromatic rings. The second-order valence-electron chi connectivity index (χ2n) is 10.2. The van der Waals surface area contributed by atoms with E-state index in [9.17, 15) is 23.7 Å². The fraction of sp³-hybridized carbons (Fsp3) is 0.680. The molecule has 228 valence electrons. The number of nitrogens with two attached hydrogens (primary N) is 3. The molecule has 15 nitrogen and oxygen atoms in total. The lowest BCUT2D eigenvalue weighted by molar-refractivity contribution is -0.178. The van der Waals surface area contributed by atoms with E-state index in [0.29, 0.717) is 25.7 Å². The summed E-state index contributed by atoms with van der Waals surface area (Å²) in [6.07, 6.45) is 0.281. The number of fused-ring (bicyclic) bond motifs is 1. The van der Waals surface area contributed by atoms with Crippen LogP contribution in [0.25, 0.3) is 11.2 Å². The molecule has 0 saturated carbocycles. The number of rotatable bonds is 13. The van der Waals surface area contributed by atoms with Crippen LogP contribution in [0.2, 0.25) is 0 Å². The maximum Gasteiger partial charge on any atom is 0.351 e. The number of ether oxygens (including phenoxy) is 4. The van der Waals surface area contributed by atoms with Crippen molar-refractivity contribution in [1.82, 2.24) is 19.3 Å². The molecule has 0 aromatic carbocycles. The van der Waals surface area contributed by atoms with Gasteiger partial charge in [-0.25, -0.2) is 9.78 Å². The average molecular weight is 584 g/mol. The number of hydrogen-bond donors (Lipinski definition) is 3. The van der Waals surface area contributed by atoms with Crippen LogP contribution in [0, 0.1) is 11.8 Å². The average Bonchev–Trinajstić information content (AvgIpc) is 3.62. The van der Waals surface area contributed by atoms with Gasteiger partial charge in [-0.2, -0.15) is 4.98 Å². The Kier molecular flexibility index (Phi) is 10.8. The van der Waals surface area contributed by atoms with Crippen LogP contribution >= 0.6 is 0 Å². The number of nitrogen functional groups attached to an aromatic ring is 1. The van der Waals surface area contributed by atoms with Gasteiger partial charge in [0.2, 0.25) is 12.1 Å². The Bertz CT molecular complexity index is 1300. The Morgan fingerprint density at radius 3 is 2.34 bits per heavy atom. The highest BCUT2D eigenvalue weighted by Crippen LogP contribution is 2.31. The molecule has 2 aromatic heterocycles. The summed E-state index contributed by atoms with van der Waals surface area (Å²) in [5, 5.41) is 0. The fourth-order valence-electron chi connectivity index (χ4n) is 4.10. The molecule has 0 bridgehead atoms. The largest absolute Gasteiger partial charge is 0.460 e. The van der Waals surface area contributed by atoms with Crippen molar-refractivity contribution >= 4 is 35.0 Å². The summed E-state index contributed by atoms with van der Waals surface area (Å²) in [4.78, 5) is 57.2. The number of esters is 3. The summed E-state index contributed by atoms with van der Waals surface area (Å²) >= 11 is 0. The fourth-order valence-corrected chi connectivity index (χ4v) is 4.10. The number of carbonyl (C=O) groups excluding carboxylic acids is 3. The Balaban J connectivity index is 1.65.